The average Bonchev–Trinajstić information content (AvgIpc) is 2.39. The fourth-order valence-corrected chi connectivity index (χ4v) is 3.23. The van der Waals surface area contributed by atoms with E-state index in [2.05, 4.69) is 12.2 Å². The van der Waals surface area contributed by atoms with Gasteiger partial charge in [0.1, 0.15) is 0 Å². The van der Waals surface area contributed by atoms with Crippen molar-refractivity contribution in [1.29, 1.82) is 0 Å². The van der Waals surface area contributed by atoms with E-state index in [0.717, 1.165) is 31.2 Å². The van der Waals surface area contributed by atoms with E-state index in [4.69, 9.17) is 0 Å². The molecule has 0 radical (unpaired) electrons. The fraction of sp³-hybridized carbons (Fsp3) is 0.938. The second kappa shape index (κ2) is 7.16. The van der Waals surface area contributed by atoms with Crippen LogP contribution in [-0.4, -0.2) is 12.5 Å². The lowest BCUT2D eigenvalue weighted by Crippen LogP contribution is -2.36. The van der Waals surface area contributed by atoms with Crippen molar-refractivity contribution in [1.82, 2.24) is 5.32 Å². The van der Waals surface area contributed by atoms with Crippen molar-refractivity contribution in [3.8, 4) is 0 Å². The molecule has 2 fully saturated rings. The summed E-state index contributed by atoms with van der Waals surface area (Å²) >= 11 is 0. The van der Waals surface area contributed by atoms with Crippen LogP contribution in [0.25, 0.3) is 0 Å². The molecule has 104 valence electrons. The maximum absolute atomic E-state index is 12.2. The molecule has 2 nitrogen and oxygen atoms in total. The highest BCUT2D eigenvalue weighted by Crippen LogP contribution is 2.27. The second-order valence-electron chi connectivity index (χ2n) is 6.56. The minimum atomic E-state index is 0.301. The van der Waals surface area contributed by atoms with Crippen LogP contribution in [0.2, 0.25) is 0 Å². The van der Waals surface area contributed by atoms with Crippen LogP contribution in [0.3, 0.4) is 0 Å². The summed E-state index contributed by atoms with van der Waals surface area (Å²) in [6.45, 7) is 3.29. The largest absolute Gasteiger partial charge is 0.356 e. The van der Waals surface area contributed by atoms with E-state index in [0.29, 0.717) is 11.8 Å². The number of hydrogen-bond donors (Lipinski definition) is 1. The van der Waals surface area contributed by atoms with Crippen LogP contribution in [0.1, 0.15) is 71.1 Å². The number of carbonyl (C=O) groups excluding carboxylic acids is 1. The van der Waals surface area contributed by atoms with Gasteiger partial charge in [0.2, 0.25) is 5.91 Å². The van der Waals surface area contributed by atoms with E-state index in [1.807, 2.05) is 0 Å². The van der Waals surface area contributed by atoms with Crippen molar-refractivity contribution in [3.63, 3.8) is 0 Å². The number of nitrogens with one attached hydrogen (secondary N) is 1. The number of amides is 1. The molecule has 2 aliphatic rings. The van der Waals surface area contributed by atoms with Gasteiger partial charge in [-0.25, -0.2) is 0 Å². The first-order valence-electron chi connectivity index (χ1n) is 8.03. The molecule has 0 saturated heterocycles. The van der Waals surface area contributed by atoms with Crippen molar-refractivity contribution < 1.29 is 4.79 Å². The maximum Gasteiger partial charge on any atom is 0.223 e. The van der Waals surface area contributed by atoms with E-state index >= 15 is 0 Å². The van der Waals surface area contributed by atoms with E-state index in [1.165, 1.54) is 51.4 Å². The van der Waals surface area contributed by atoms with Crippen LogP contribution in [0.15, 0.2) is 0 Å². The van der Waals surface area contributed by atoms with Gasteiger partial charge in [-0.15, -0.1) is 0 Å². The lowest BCUT2D eigenvalue weighted by Gasteiger charge is -2.26. The van der Waals surface area contributed by atoms with Gasteiger partial charge < -0.3 is 5.32 Å². The Labute approximate surface area is 112 Å². The van der Waals surface area contributed by atoms with Gasteiger partial charge in [0.15, 0.2) is 0 Å². The van der Waals surface area contributed by atoms with E-state index < -0.39 is 0 Å². The molecule has 0 heterocycles. The molecule has 2 unspecified atom stereocenters. The van der Waals surface area contributed by atoms with Gasteiger partial charge in [-0.3, -0.25) is 4.79 Å². The number of carbonyl (C=O) groups is 1. The molecule has 2 rings (SSSR count). The average molecular weight is 251 g/mol. The molecule has 0 bridgehead atoms. The molecule has 18 heavy (non-hydrogen) atoms. The first-order valence-corrected chi connectivity index (χ1v) is 8.03. The van der Waals surface area contributed by atoms with Crippen LogP contribution in [-0.2, 0) is 4.79 Å². The maximum atomic E-state index is 12.2. The van der Waals surface area contributed by atoms with Crippen molar-refractivity contribution in [3.05, 3.63) is 0 Å². The van der Waals surface area contributed by atoms with Gasteiger partial charge in [-0.2, -0.15) is 0 Å². The van der Waals surface area contributed by atoms with Gasteiger partial charge >= 0.3 is 0 Å². The summed E-state index contributed by atoms with van der Waals surface area (Å²) in [7, 11) is 0. The van der Waals surface area contributed by atoms with Crippen molar-refractivity contribution >= 4 is 5.91 Å². The van der Waals surface area contributed by atoms with Crippen LogP contribution >= 0.6 is 0 Å². The van der Waals surface area contributed by atoms with Crippen LogP contribution in [0.5, 0.6) is 0 Å². The first kappa shape index (κ1) is 13.9. The van der Waals surface area contributed by atoms with E-state index in [1.54, 1.807) is 0 Å². The Morgan fingerprint density at radius 3 is 2.28 bits per heavy atom. The SMILES string of the molecule is CC1CCCCC(C(=O)NCC2CCC2)CCC1. The van der Waals surface area contributed by atoms with Gasteiger partial charge in [-0.05, 0) is 37.5 Å². The Bertz CT molecular complexity index is 260. The van der Waals surface area contributed by atoms with Gasteiger partial charge in [-0.1, -0.05) is 45.4 Å². The number of hydrogen-bond acceptors (Lipinski definition) is 1. The Kier molecular flexibility index (Phi) is 5.52. The third-order valence-corrected chi connectivity index (χ3v) is 4.91. The molecule has 2 heteroatoms. The molecular formula is C16H29NO. The molecule has 2 atom stereocenters. The summed E-state index contributed by atoms with van der Waals surface area (Å²) in [5, 5.41) is 3.20. The minimum Gasteiger partial charge on any atom is -0.356 e. The summed E-state index contributed by atoms with van der Waals surface area (Å²) < 4.78 is 0. The highest BCUT2D eigenvalue weighted by molar-refractivity contribution is 5.78. The summed E-state index contributed by atoms with van der Waals surface area (Å²) in [5.41, 5.74) is 0. The van der Waals surface area contributed by atoms with Gasteiger partial charge in [0.05, 0.1) is 0 Å². The van der Waals surface area contributed by atoms with Crippen molar-refractivity contribution in [2.45, 2.75) is 71.1 Å². The zero-order valence-corrected chi connectivity index (χ0v) is 11.9. The van der Waals surface area contributed by atoms with Crippen molar-refractivity contribution in [2.75, 3.05) is 6.54 Å². The second-order valence-corrected chi connectivity index (χ2v) is 6.56. The van der Waals surface area contributed by atoms with Gasteiger partial charge in [0.25, 0.3) is 0 Å². The lowest BCUT2D eigenvalue weighted by molar-refractivity contribution is -0.125. The predicted octanol–water partition coefficient (Wildman–Crippen LogP) is 3.90. The Balaban J connectivity index is 1.72. The Morgan fingerprint density at radius 2 is 1.56 bits per heavy atom. The minimum absolute atomic E-state index is 0.301. The lowest BCUT2D eigenvalue weighted by atomic mass is 9.85. The molecule has 0 aliphatic heterocycles. The third-order valence-electron chi connectivity index (χ3n) is 4.91. The zero-order valence-electron chi connectivity index (χ0n) is 11.9. The molecule has 0 aromatic heterocycles. The molecule has 1 N–H and O–H groups in total. The summed E-state index contributed by atoms with van der Waals surface area (Å²) in [4.78, 5) is 12.2. The van der Waals surface area contributed by atoms with Crippen LogP contribution in [0.4, 0.5) is 0 Å². The molecule has 2 aliphatic carbocycles. The molecule has 0 aromatic rings. The Hall–Kier alpha value is -0.530. The summed E-state index contributed by atoms with van der Waals surface area (Å²) in [6.07, 6.45) is 12.7. The van der Waals surface area contributed by atoms with Gasteiger partial charge in [0, 0.05) is 12.5 Å². The van der Waals surface area contributed by atoms with Crippen LogP contribution in [0, 0.1) is 17.8 Å². The molecule has 2 saturated carbocycles. The predicted molar refractivity (Wildman–Crippen MR) is 75.3 cm³/mol. The molecule has 1 amide bonds. The van der Waals surface area contributed by atoms with E-state index in [9.17, 15) is 4.79 Å². The fourth-order valence-electron chi connectivity index (χ4n) is 3.23. The summed E-state index contributed by atoms with van der Waals surface area (Å²) in [5.74, 6) is 2.29. The van der Waals surface area contributed by atoms with Crippen molar-refractivity contribution in [2.24, 2.45) is 17.8 Å². The first-order chi connectivity index (χ1) is 8.75. The van der Waals surface area contributed by atoms with E-state index in [-0.39, 0.29) is 0 Å². The standard InChI is InChI=1S/C16H29NO/c1-13-6-2-3-10-15(11-4-7-13)16(18)17-12-14-8-5-9-14/h13-15H,2-12H2,1H3,(H,17,18). The highest BCUT2D eigenvalue weighted by atomic mass is 16.1. The molecule has 0 spiro atoms. The zero-order chi connectivity index (χ0) is 12.8. The highest BCUT2D eigenvalue weighted by Gasteiger charge is 2.22. The third kappa shape index (κ3) is 4.29. The molecule has 0 aromatic carbocycles. The normalized spacial score (nSPS) is 30.7. The number of rotatable bonds is 3. The molecular weight excluding hydrogens is 222 g/mol. The summed E-state index contributed by atoms with van der Waals surface area (Å²) in [6, 6.07) is 0. The topological polar surface area (TPSA) is 29.1 Å². The monoisotopic (exact) mass is 251 g/mol. The Morgan fingerprint density at radius 1 is 0.944 bits per heavy atom. The smallest absolute Gasteiger partial charge is 0.223 e. The van der Waals surface area contributed by atoms with Crippen LogP contribution < -0.4 is 5.32 Å². The quantitative estimate of drug-likeness (QED) is 0.810.